The van der Waals surface area contributed by atoms with Crippen LogP contribution in [0.5, 0.6) is 11.5 Å². The fourth-order valence-electron chi connectivity index (χ4n) is 4.79. The molecule has 0 saturated heterocycles. The Labute approximate surface area is 196 Å². The highest BCUT2D eigenvalue weighted by atomic mass is 16.5. The van der Waals surface area contributed by atoms with Crippen molar-refractivity contribution in [3.8, 4) is 11.5 Å². The van der Waals surface area contributed by atoms with Gasteiger partial charge in [-0.2, -0.15) is 0 Å². The number of rotatable bonds is 5. The Bertz CT molecular complexity index is 792. The zero-order valence-electron chi connectivity index (χ0n) is 21.7. The molecule has 3 heteroatoms. The highest BCUT2D eigenvalue weighted by molar-refractivity contribution is 5.69. The molecule has 2 aromatic rings. The predicted molar refractivity (Wildman–Crippen MR) is 136 cm³/mol. The maximum atomic E-state index is 11.2. The Morgan fingerprint density at radius 3 is 1.94 bits per heavy atom. The van der Waals surface area contributed by atoms with E-state index in [0.717, 1.165) is 12.2 Å². The van der Waals surface area contributed by atoms with Crippen molar-refractivity contribution in [2.45, 2.75) is 86.0 Å². The number of carbonyl (C=O) groups is 1. The van der Waals surface area contributed by atoms with E-state index < -0.39 is 0 Å². The Morgan fingerprint density at radius 1 is 0.938 bits per heavy atom. The average Bonchev–Trinajstić information content (AvgIpc) is 2.81. The number of carbonyl (C=O) groups excluding carboxylic acids is 1. The molecule has 1 fully saturated rings. The maximum absolute atomic E-state index is 11.2. The van der Waals surface area contributed by atoms with Gasteiger partial charge < -0.3 is 9.47 Å². The van der Waals surface area contributed by atoms with Crippen LogP contribution < -0.4 is 9.47 Å². The number of benzene rings is 2. The molecule has 32 heavy (non-hydrogen) atoms. The maximum Gasteiger partial charge on any atom is 0.308 e. The van der Waals surface area contributed by atoms with Crippen molar-refractivity contribution in [3.63, 3.8) is 0 Å². The highest BCUT2D eigenvalue weighted by Crippen LogP contribution is 2.50. The van der Waals surface area contributed by atoms with E-state index in [1.54, 1.807) is 7.11 Å². The smallest absolute Gasteiger partial charge is 0.308 e. The third-order valence-electron chi connectivity index (χ3n) is 6.43. The van der Waals surface area contributed by atoms with Gasteiger partial charge in [-0.1, -0.05) is 72.7 Å². The molecule has 1 aliphatic carbocycles. The van der Waals surface area contributed by atoms with Gasteiger partial charge in [0.2, 0.25) is 0 Å². The average molecular weight is 441 g/mol. The van der Waals surface area contributed by atoms with Crippen molar-refractivity contribution >= 4 is 5.97 Å². The van der Waals surface area contributed by atoms with Crippen LogP contribution in [0.15, 0.2) is 48.5 Å². The summed E-state index contributed by atoms with van der Waals surface area (Å²) < 4.78 is 10.5. The Morgan fingerprint density at radius 2 is 1.47 bits per heavy atom. The van der Waals surface area contributed by atoms with E-state index in [1.807, 2.05) is 39.8 Å². The van der Waals surface area contributed by atoms with E-state index in [1.165, 1.54) is 30.9 Å². The van der Waals surface area contributed by atoms with Crippen LogP contribution in [-0.4, -0.2) is 13.1 Å². The molecular weight excluding hydrogens is 396 g/mol. The molecule has 0 spiro atoms. The second-order valence-corrected chi connectivity index (χ2v) is 8.71. The van der Waals surface area contributed by atoms with Gasteiger partial charge in [-0.05, 0) is 77.8 Å². The van der Waals surface area contributed by atoms with Crippen molar-refractivity contribution < 1.29 is 14.3 Å². The second kappa shape index (κ2) is 13.3. The van der Waals surface area contributed by atoms with Gasteiger partial charge in [0.05, 0.1) is 7.11 Å². The fraction of sp³-hybridized carbons (Fsp3) is 0.552. The number of esters is 1. The van der Waals surface area contributed by atoms with Crippen molar-refractivity contribution in [1.82, 2.24) is 0 Å². The summed E-state index contributed by atoms with van der Waals surface area (Å²) in [5.74, 6) is 3.10. The minimum Gasteiger partial charge on any atom is -0.497 e. The Hall–Kier alpha value is -2.29. The van der Waals surface area contributed by atoms with Crippen LogP contribution in [-0.2, 0) is 10.2 Å². The number of methoxy groups -OCH3 is 1. The SMILES string of the molecule is CC.CC.COc1ccc(C2CC(C)(c3ccc(OC(C)=O)cc3)CCC2C(C)C)cc1. The van der Waals surface area contributed by atoms with E-state index in [2.05, 4.69) is 57.2 Å². The Kier molecular flexibility index (Phi) is 11.5. The zero-order chi connectivity index (χ0) is 24.3. The summed E-state index contributed by atoms with van der Waals surface area (Å²) in [5.41, 5.74) is 2.84. The fourth-order valence-corrected chi connectivity index (χ4v) is 4.79. The lowest BCUT2D eigenvalue weighted by molar-refractivity contribution is -0.131. The first-order chi connectivity index (χ1) is 15.3. The summed E-state index contributed by atoms with van der Waals surface area (Å²) in [5, 5.41) is 0. The van der Waals surface area contributed by atoms with Crippen LogP contribution in [0.25, 0.3) is 0 Å². The van der Waals surface area contributed by atoms with Crippen LogP contribution in [0, 0.1) is 11.8 Å². The third-order valence-corrected chi connectivity index (χ3v) is 6.43. The lowest BCUT2D eigenvalue weighted by Gasteiger charge is -2.45. The number of ether oxygens (including phenoxy) is 2. The molecule has 0 N–H and O–H groups in total. The highest BCUT2D eigenvalue weighted by Gasteiger charge is 2.40. The van der Waals surface area contributed by atoms with E-state index in [9.17, 15) is 4.79 Å². The first kappa shape index (κ1) is 27.7. The molecule has 0 amide bonds. The summed E-state index contributed by atoms with van der Waals surface area (Å²) in [6.07, 6.45) is 3.51. The molecule has 2 aromatic carbocycles. The number of hydrogen-bond acceptors (Lipinski definition) is 3. The van der Waals surface area contributed by atoms with Gasteiger partial charge in [-0.15, -0.1) is 0 Å². The van der Waals surface area contributed by atoms with Crippen LogP contribution in [0.3, 0.4) is 0 Å². The summed E-state index contributed by atoms with van der Waals surface area (Å²) >= 11 is 0. The van der Waals surface area contributed by atoms with Crippen LogP contribution in [0.4, 0.5) is 0 Å². The monoisotopic (exact) mass is 440 g/mol. The van der Waals surface area contributed by atoms with Crippen molar-refractivity contribution in [1.29, 1.82) is 0 Å². The van der Waals surface area contributed by atoms with Gasteiger partial charge in [-0.25, -0.2) is 0 Å². The van der Waals surface area contributed by atoms with Crippen molar-refractivity contribution in [3.05, 3.63) is 59.7 Å². The van der Waals surface area contributed by atoms with Gasteiger partial charge in [0, 0.05) is 6.92 Å². The molecule has 0 aliphatic heterocycles. The second-order valence-electron chi connectivity index (χ2n) is 8.71. The standard InChI is InChI=1S/C25H32O3.2C2H6/c1-17(2)23-14-15-25(4,20-8-12-22(13-9-20)28-18(3)26)16-24(23)19-6-10-21(27-5)11-7-19;2*1-2/h6-13,17,23-24H,14-16H2,1-5H3;2*1-2H3. The van der Waals surface area contributed by atoms with Crippen molar-refractivity contribution in [2.24, 2.45) is 11.8 Å². The molecule has 178 valence electrons. The lowest BCUT2D eigenvalue weighted by Crippen LogP contribution is -2.35. The molecule has 3 rings (SSSR count). The topological polar surface area (TPSA) is 35.5 Å². The van der Waals surface area contributed by atoms with Crippen LogP contribution in [0.1, 0.15) is 91.7 Å². The summed E-state index contributed by atoms with van der Waals surface area (Å²) in [7, 11) is 1.71. The summed E-state index contributed by atoms with van der Waals surface area (Å²) in [6.45, 7) is 16.5. The molecule has 1 aliphatic rings. The van der Waals surface area contributed by atoms with E-state index >= 15 is 0 Å². The summed E-state index contributed by atoms with van der Waals surface area (Å²) in [4.78, 5) is 11.2. The van der Waals surface area contributed by atoms with Gasteiger partial charge in [0.25, 0.3) is 0 Å². The lowest BCUT2D eigenvalue weighted by atomic mass is 9.59. The first-order valence-electron chi connectivity index (χ1n) is 12.3. The quantitative estimate of drug-likeness (QED) is 0.347. The molecule has 3 nitrogen and oxygen atoms in total. The largest absolute Gasteiger partial charge is 0.497 e. The van der Waals surface area contributed by atoms with E-state index in [-0.39, 0.29) is 11.4 Å². The molecule has 0 bridgehead atoms. The Balaban J connectivity index is 0.00000121. The van der Waals surface area contributed by atoms with E-state index in [4.69, 9.17) is 9.47 Å². The molecule has 3 unspecified atom stereocenters. The van der Waals surface area contributed by atoms with Gasteiger partial charge >= 0.3 is 5.97 Å². The third kappa shape index (κ3) is 7.12. The van der Waals surface area contributed by atoms with Crippen LogP contribution in [0.2, 0.25) is 0 Å². The molecule has 3 atom stereocenters. The molecular formula is C29H44O3. The van der Waals surface area contributed by atoms with Crippen molar-refractivity contribution in [2.75, 3.05) is 7.11 Å². The minimum absolute atomic E-state index is 0.116. The van der Waals surface area contributed by atoms with Gasteiger partial charge in [0.15, 0.2) is 0 Å². The minimum atomic E-state index is -0.282. The zero-order valence-corrected chi connectivity index (χ0v) is 21.7. The van der Waals surface area contributed by atoms with E-state index in [0.29, 0.717) is 23.5 Å². The van der Waals surface area contributed by atoms with Gasteiger partial charge in [0.1, 0.15) is 11.5 Å². The molecule has 0 radical (unpaired) electrons. The first-order valence-corrected chi connectivity index (χ1v) is 12.3. The van der Waals surface area contributed by atoms with Crippen LogP contribution >= 0.6 is 0 Å². The van der Waals surface area contributed by atoms with Gasteiger partial charge in [-0.3, -0.25) is 4.79 Å². The summed E-state index contributed by atoms with van der Waals surface area (Å²) in [6, 6.07) is 16.7. The normalized spacial score (nSPS) is 22.1. The molecule has 1 saturated carbocycles. The predicted octanol–water partition coefficient (Wildman–Crippen LogP) is 8.17. The molecule has 0 heterocycles. The molecule has 0 aromatic heterocycles. The number of hydrogen-bond donors (Lipinski definition) is 0.